The summed E-state index contributed by atoms with van der Waals surface area (Å²) in [5.74, 6) is -1.40. The maximum absolute atomic E-state index is 12.7. The molecule has 1 aromatic rings. The molecular weight excluding hydrogens is 362 g/mol. The number of alkyl halides is 6. The van der Waals surface area contributed by atoms with Gasteiger partial charge in [-0.1, -0.05) is 0 Å². The number of rotatable bonds is 5. The van der Waals surface area contributed by atoms with E-state index in [2.05, 4.69) is 4.74 Å². The van der Waals surface area contributed by atoms with Crippen LogP contribution in [0.5, 0.6) is 0 Å². The first-order chi connectivity index (χ1) is 11.4. The second-order valence-electron chi connectivity index (χ2n) is 4.45. The Bertz CT molecular complexity index is 664. The Kier molecular flexibility index (Phi) is 6.00. The summed E-state index contributed by atoms with van der Waals surface area (Å²) in [5.41, 5.74) is -5.16. The lowest BCUT2D eigenvalue weighted by Crippen LogP contribution is -2.16. The van der Waals surface area contributed by atoms with Crippen LogP contribution in [0.1, 0.15) is 18.1 Å². The highest BCUT2D eigenvalue weighted by Gasteiger charge is 2.37. The minimum atomic E-state index is -5.07. The quantitative estimate of drug-likeness (QED) is 0.279. The number of nitrogens with zero attached hydrogens (tertiary/aromatic N) is 1. The van der Waals surface area contributed by atoms with Crippen molar-refractivity contribution in [2.24, 2.45) is 0 Å². The highest BCUT2D eigenvalue weighted by Crippen LogP contribution is 2.37. The summed E-state index contributed by atoms with van der Waals surface area (Å²) in [6.07, 6.45) is -9.80. The Hall–Kier alpha value is -2.79. The Morgan fingerprint density at radius 2 is 1.64 bits per heavy atom. The number of hydrogen-bond donors (Lipinski definition) is 1. The predicted molar refractivity (Wildman–Crippen MR) is 71.8 cm³/mol. The number of anilines is 1. The van der Waals surface area contributed by atoms with Crippen LogP contribution in [0.15, 0.2) is 30.1 Å². The van der Waals surface area contributed by atoms with E-state index in [-0.39, 0.29) is 12.7 Å². The standard InChI is InChI=1S/C13H10F6N2O4/c1-2-25-11(22)10(21(23)24)6-20-9-4-7(12(14,15)16)3-8(5-9)13(17,18)19/h3-6,20H,2H2,1H3. The van der Waals surface area contributed by atoms with E-state index in [4.69, 9.17) is 0 Å². The molecule has 0 aliphatic carbocycles. The number of esters is 1. The van der Waals surface area contributed by atoms with Crippen molar-refractivity contribution in [1.82, 2.24) is 0 Å². The maximum Gasteiger partial charge on any atom is 0.416 e. The average molecular weight is 372 g/mol. The Morgan fingerprint density at radius 3 is 2.00 bits per heavy atom. The molecule has 0 saturated carbocycles. The van der Waals surface area contributed by atoms with Crippen LogP contribution in [-0.4, -0.2) is 17.5 Å². The van der Waals surface area contributed by atoms with Crippen molar-refractivity contribution in [3.05, 3.63) is 51.3 Å². The van der Waals surface area contributed by atoms with Crippen LogP contribution >= 0.6 is 0 Å². The zero-order chi connectivity index (χ0) is 19.4. The van der Waals surface area contributed by atoms with Crippen LogP contribution < -0.4 is 5.32 Å². The van der Waals surface area contributed by atoms with Crippen molar-refractivity contribution in [3.8, 4) is 0 Å². The summed E-state index contributed by atoms with van der Waals surface area (Å²) in [6, 6.07) is 0.525. The average Bonchev–Trinajstić information content (AvgIpc) is 2.45. The van der Waals surface area contributed by atoms with E-state index in [0.29, 0.717) is 18.3 Å². The Morgan fingerprint density at radius 1 is 1.16 bits per heavy atom. The number of ether oxygens (including phenoxy) is 1. The van der Waals surface area contributed by atoms with Crippen molar-refractivity contribution >= 4 is 11.7 Å². The van der Waals surface area contributed by atoms with Crippen molar-refractivity contribution < 1.29 is 40.8 Å². The van der Waals surface area contributed by atoms with Crippen molar-refractivity contribution in [1.29, 1.82) is 0 Å². The van der Waals surface area contributed by atoms with Gasteiger partial charge in [-0.2, -0.15) is 26.3 Å². The van der Waals surface area contributed by atoms with E-state index in [1.54, 1.807) is 0 Å². The third-order valence-electron chi connectivity index (χ3n) is 2.64. The molecule has 138 valence electrons. The second-order valence-corrected chi connectivity index (χ2v) is 4.45. The van der Waals surface area contributed by atoms with Gasteiger partial charge >= 0.3 is 24.0 Å². The fraction of sp³-hybridized carbons (Fsp3) is 0.308. The Balaban J connectivity index is 3.30. The number of carbonyl (C=O) groups is 1. The molecule has 0 spiro atoms. The SMILES string of the molecule is CCOC(=O)C(=CNc1cc(C(F)(F)F)cc(C(F)(F)F)c1)[N+](=O)[O-]. The molecule has 0 aliphatic rings. The van der Waals surface area contributed by atoms with Gasteiger partial charge in [0.05, 0.1) is 28.9 Å². The van der Waals surface area contributed by atoms with Crippen LogP contribution in [0.2, 0.25) is 0 Å². The maximum atomic E-state index is 12.7. The molecule has 1 aromatic carbocycles. The molecule has 0 aromatic heterocycles. The molecule has 0 bridgehead atoms. The zero-order valence-electron chi connectivity index (χ0n) is 12.4. The summed E-state index contributed by atoms with van der Waals surface area (Å²) in [7, 11) is 0. The summed E-state index contributed by atoms with van der Waals surface area (Å²) in [5, 5.41) is 12.6. The number of halogens is 6. The van der Waals surface area contributed by atoms with E-state index in [0.717, 1.165) is 0 Å². The zero-order valence-corrected chi connectivity index (χ0v) is 12.4. The van der Waals surface area contributed by atoms with Crippen LogP contribution in [0.3, 0.4) is 0 Å². The van der Waals surface area contributed by atoms with Gasteiger partial charge in [-0.15, -0.1) is 0 Å². The topological polar surface area (TPSA) is 81.5 Å². The monoisotopic (exact) mass is 372 g/mol. The molecule has 0 amide bonds. The highest BCUT2D eigenvalue weighted by atomic mass is 19.4. The molecular formula is C13H10F6N2O4. The highest BCUT2D eigenvalue weighted by molar-refractivity contribution is 5.86. The van der Waals surface area contributed by atoms with Gasteiger partial charge in [0.15, 0.2) is 0 Å². The first-order valence-corrected chi connectivity index (χ1v) is 6.44. The summed E-state index contributed by atoms with van der Waals surface area (Å²) in [6.45, 7) is 1.14. The number of nitro groups is 1. The van der Waals surface area contributed by atoms with Gasteiger partial charge in [0, 0.05) is 5.69 Å². The molecule has 25 heavy (non-hydrogen) atoms. The van der Waals surface area contributed by atoms with Crippen molar-refractivity contribution in [3.63, 3.8) is 0 Å². The van der Waals surface area contributed by atoms with Crippen molar-refractivity contribution in [2.75, 3.05) is 11.9 Å². The van der Waals surface area contributed by atoms with Gasteiger partial charge in [-0.3, -0.25) is 10.1 Å². The Labute approximate surface area is 136 Å². The van der Waals surface area contributed by atoms with E-state index in [9.17, 15) is 41.3 Å². The van der Waals surface area contributed by atoms with Crippen LogP contribution in [0, 0.1) is 10.1 Å². The van der Waals surface area contributed by atoms with Gasteiger partial charge in [0.2, 0.25) is 0 Å². The summed E-state index contributed by atoms with van der Waals surface area (Å²) in [4.78, 5) is 20.9. The number of carbonyl (C=O) groups excluding carboxylic acids is 1. The fourth-order valence-electron chi connectivity index (χ4n) is 1.58. The fourth-order valence-corrected chi connectivity index (χ4v) is 1.58. The van der Waals surface area contributed by atoms with Gasteiger partial charge < -0.3 is 10.1 Å². The molecule has 0 atom stereocenters. The smallest absolute Gasteiger partial charge is 0.416 e. The molecule has 0 fully saturated rings. The molecule has 0 heterocycles. The minimum Gasteiger partial charge on any atom is -0.458 e. The van der Waals surface area contributed by atoms with Gasteiger partial charge in [-0.05, 0) is 25.1 Å². The third-order valence-corrected chi connectivity index (χ3v) is 2.64. The first-order valence-electron chi connectivity index (χ1n) is 6.44. The van der Waals surface area contributed by atoms with E-state index in [1.807, 2.05) is 5.32 Å². The lowest BCUT2D eigenvalue weighted by Gasteiger charge is -2.14. The molecule has 6 nitrogen and oxygen atoms in total. The largest absolute Gasteiger partial charge is 0.458 e. The number of nitrogens with one attached hydrogen (secondary N) is 1. The molecule has 12 heteroatoms. The molecule has 0 saturated heterocycles. The van der Waals surface area contributed by atoms with Crippen LogP contribution in [0.25, 0.3) is 0 Å². The van der Waals surface area contributed by atoms with Gasteiger partial charge in [0.1, 0.15) is 0 Å². The van der Waals surface area contributed by atoms with Gasteiger partial charge in [-0.25, -0.2) is 4.79 Å². The molecule has 0 unspecified atom stereocenters. The number of hydrogen-bond acceptors (Lipinski definition) is 5. The lowest BCUT2D eigenvalue weighted by molar-refractivity contribution is -0.421. The van der Waals surface area contributed by atoms with Crippen LogP contribution in [0.4, 0.5) is 32.0 Å². The van der Waals surface area contributed by atoms with E-state index < -0.39 is 45.8 Å². The first kappa shape index (κ1) is 20.3. The molecule has 1 rings (SSSR count). The van der Waals surface area contributed by atoms with Crippen LogP contribution in [-0.2, 0) is 21.9 Å². The number of benzene rings is 1. The summed E-state index contributed by atoms with van der Waals surface area (Å²) < 4.78 is 80.6. The van der Waals surface area contributed by atoms with E-state index in [1.165, 1.54) is 6.92 Å². The van der Waals surface area contributed by atoms with Crippen molar-refractivity contribution in [2.45, 2.75) is 19.3 Å². The summed E-state index contributed by atoms with van der Waals surface area (Å²) >= 11 is 0. The predicted octanol–water partition coefficient (Wildman–Crippen LogP) is 3.82. The van der Waals surface area contributed by atoms with E-state index >= 15 is 0 Å². The molecule has 1 N–H and O–H groups in total. The minimum absolute atomic E-state index is 0.103. The molecule has 0 radical (unpaired) electrons. The normalized spacial score (nSPS) is 12.7. The third kappa shape index (κ3) is 5.65. The second kappa shape index (κ2) is 7.40. The van der Waals surface area contributed by atoms with Gasteiger partial charge in [0.25, 0.3) is 0 Å². The molecule has 0 aliphatic heterocycles. The lowest BCUT2D eigenvalue weighted by atomic mass is 10.1.